The Morgan fingerprint density at radius 3 is 2.26 bits per heavy atom. The van der Waals surface area contributed by atoms with Crippen molar-refractivity contribution in [3.8, 4) is 5.75 Å². The van der Waals surface area contributed by atoms with Crippen LogP contribution >= 0.6 is 0 Å². The number of nitrogens with zero attached hydrogens (tertiary/aromatic N) is 4. The van der Waals surface area contributed by atoms with Crippen LogP contribution in [0.5, 0.6) is 5.75 Å². The molecule has 1 N–H and O–H groups in total. The molecule has 2 aromatic heterocycles. The number of anilines is 1. The molecule has 0 fully saturated rings. The molecule has 0 saturated carbocycles. The van der Waals surface area contributed by atoms with Crippen LogP contribution in [0.2, 0.25) is 0 Å². The van der Waals surface area contributed by atoms with Crippen LogP contribution in [0, 0.1) is 6.92 Å². The van der Waals surface area contributed by atoms with Gasteiger partial charge >= 0.3 is 18.3 Å². The highest BCUT2D eigenvalue weighted by molar-refractivity contribution is 5.88. The second-order valence-electron chi connectivity index (χ2n) is 9.57. The largest absolute Gasteiger partial charge is 0.494 e. The van der Waals surface area contributed by atoms with E-state index in [0.29, 0.717) is 23.8 Å². The van der Waals surface area contributed by atoms with E-state index in [1.165, 1.54) is 17.3 Å². The molecule has 0 aliphatic carbocycles. The average molecular weight is 611 g/mol. The number of hydrogen-bond donors (Lipinski definition) is 1. The number of ether oxygens (including phenoxy) is 1. The molecule has 4 aromatic rings. The van der Waals surface area contributed by atoms with Gasteiger partial charge in [0.1, 0.15) is 5.75 Å². The number of rotatable bonds is 10. The van der Waals surface area contributed by atoms with Gasteiger partial charge in [-0.05, 0) is 60.4 Å². The van der Waals surface area contributed by atoms with Crippen molar-refractivity contribution in [2.45, 2.75) is 52.5 Å². The lowest BCUT2D eigenvalue weighted by Gasteiger charge is -2.25. The van der Waals surface area contributed by atoms with Gasteiger partial charge < -0.3 is 19.3 Å². The van der Waals surface area contributed by atoms with Crippen LogP contribution in [0.3, 0.4) is 0 Å². The molecular weight excluding hydrogens is 578 g/mol. The summed E-state index contributed by atoms with van der Waals surface area (Å²) in [4.78, 5) is 21.1. The zero-order valence-corrected chi connectivity index (χ0v) is 24.1. The normalized spacial score (nSPS) is 11.7. The zero-order valence-electron chi connectivity index (χ0n) is 24.1. The number of benzene rings is 2. The Labute approximate surface area is 244 Å². The number of carboxylic acid groups (broad SMARTS) is 1. The maximum Gasteiger partial charge on any atom is 0.416 e. The van der Waals surface area contributed by atoms with Crippen molar-refractivity contribution in [2.75, 3.05) is 18.1 Å². The molecule has 2 aromatic carbocycles. The Bertz CT molecular complexity index is 1530. The summed E-state index contributed by atoms with van der Waals surface area (Å²) in [5, 5.41) is 9.91. The number of aliphatic carboxylic acids is 1. The maximum absolute atomic E-state index is 13.8. The third kappa shape index (κ3) is 8.62. The molecule has 0 spiro atoms. The molecule has 0 saturated heterocycles. The summed E-state index contributed by atoms with van der Waals surface area (Å²) in [6.07, 6.45) is -5.05. The van der Waals surface area contributed by atoms with Crippen molar-refractivity contribution < 1.29 is 41.0 Å². The molecule has 0 atom stereocenters. The zero-order chi connectivity index (χ0) is 31.9. The standard InChI is InChI=1S/C28H26F6N4O3.C2H6/c1-17-13-35-26(36-14-17)38(16-18-4-5-20(27(29,30)31)11-23(18)28(32,33)34)8-3-9-41-21-6-7-24-22(12-21)19(10-25(39)40)15-37(24)2;1-2/h4-7,11-15H,3,8-10,16H2,1-2H3,(H,39,40);1-2H3. The lowest BCUT2D eigenvalue weighted by Crippen LogP contribution is -2.28. The Hall–Kier alpha value is -4.29. The smallest absolute Gasteiger partial charge is 0.416 e. The van der Waals surface area contributed by atoms with E-state index in [1.54, 1.807) is 38.4 Å². The Balaban J connectivity index is 0.00000248. The second kappa shape index (κ2) is 13.8. The van der Waals surface area contributed by atoms with Crippen molar-refractivity contribution in [1.29, 1.82) is 0 Å². The first kappa shape index (κ1) is 33.2. The van der Waals surface area contributed by atoms with Gasteiger partial charge in [0.15, 0.2) is 0 Å². The van der Waals surface area contributed by atoms with Gasteiger partial charge in [-0.3, -0.25) is 4.79 Å². The van der Waals surface area contributed by atoms with Gasteiger partial charge in [0.05, 0.1) is 24.2 Å². The number of aromatic nitrogens is 3. The minimum absolute atomic E-state index is 0.116. The van der Waals surface area contributed by atoms with Gasteiger partial charge in [-0.1, -0.05) is 19.9 Å². The van der Waals surface area contributed by atoms with Crippen LogP contribution in [0.15, 0.2) is 55.0 Å². The second-order valence-corrected chi connectivity index (χ2v) is 9.57. The third-order valence-corrected chi connectivity index (χ3v) is 6.38. The maximum atomic E-state index is 13.8. The number of carboxylic acids is 1. The predicted molar refractivity (Wildman–Crippen MR) is 150 cm³/mol. The van der Waals surface area contributed by atoms with E-state index < -0.39 is 29.4 Å². The molecule has 13 heteroatoms. The molecule has 0 unspecified atom stereocenters. The van der Waals surface area contributed by atoms with Crippen molar-refractivity contribution in [1.82, 2.24) is 14.5 Å². The Kier molecular flexibility index (Phi) is 10.7. The number of alkyl halides is 6. The Morgan fingerprint density at radius 2 is 1.65 bits per heavy atom. The first-order valence-electron chi connectivity index (χ1n) is 13.5. The van der Waals surface area contributed by atoms with Crippen LogP contribution in [-0.2, 0) is 37.2 Å². The number of aryl methyl sites for hydroxylation is 2. The number of halogens is 6. The highest BCUT2D eigenvalue weighted by Gasteiger charge is 2.38. The van der Waals surface area contributed by atoms with E-state index in [-0.39, 0.29) is 43.7 Å². The van der Waals surface area contributed by atoms with Crippen molar-refractivity contribution in [2.24, 2.45) is 7.05 Å². The molecule has 232 valence electrons. The summed E-state index contributed by atoms with van der Waals surface area (Å²) < 4.78 is 88.3. The molecule has 2 heterocycles. The summed E-state index contributed by atoms with van der Waals surface area (Å²) >= 11 is 0. The van der Waals surface area contributed by atoms with Crippen LogP contribution in [-0.4, -0.2) is 38.8 Å². The molecule has 0 amide bonds. The minimum Gasteiger partial charge on any atom is -0.494 e. The predicted octanol–water partition coefficient (Wildman–Crippen LogP) is 7.44. The van der Waals surface area contributed by atoms with Gasteiger partial charge in [0.2, 0.25) is 5.95 Å². The van der Waals surface area contributed by atoms with Crippen molar-refractivity contribution >= 4 is 22.8 Å². The van der Waals surface area contributed by atoms with E-state index in [9.17, 15) is 36.2 Å². The van der Waals surface area contributed by atoms with Gasteiger partial charge in [-0.15, -0.1) is 0 Å². The van der Waals surface area contributed by atoms with E-state index >= 15 is 0 Å². The number of hydrogen-bond acceptors (Lipinski definition) is 5. The van der Waals surface area contributed by atoms with Gasteiger partial charge in [0, 0.05) is 49.6 Å². The van der Waals surface area contributed by atoms with Crippen molar-refractivity contribution in [3.05, 3.63) is 82.8 Å². The molecule has 0 aliphatic heterocycles. The molecule has 0 radical (unpaired) electrons. The summed E-state index contributed by atoms with van der Waals surface area (Å²) in [6, 6.07) is 6.82. The molecule has 0 aliphatic rings. The average Bonchev–Trinajstić information content (AvgIpc) is 3.24. The fourth-order valence-corrected chi connectivity index (χ4v) is 4.45. The van der Waals surface area contributed by atoms with Crippen LogP contribution < -0.4 is 9.64 Å². The van der Waals surface area contributed by atoms with E-state index in [0.717, 1.165) is 22.5 Å². The fourth-order valence-electron chi connectivity index (χ4n) is 4.45. The summed E-state index contributed by atoms with van der Waals surface area (Å²) in [5.41, 5.74) is -0.943. The molecule has 4 rings (SSSR count). The van der Waals surface area contributed by atoms with Crippen LogP contribution in [0.25, 0.3) is 10.9 Å². The monoisotopic (exact) mass is 610 g/mol. The van der Waals surface area contributed by atoms with Crippen LogP contribution in [0.4, 0.5) is 32.3 Å². The first-order valence-corrected chi connectivity index (χ1v) is 13.5. The summed E-state index contributed by atoms with van der Waals surface area (Å²) in [5.74, 6) is -0.368. The molecular formula is C30H32F6N4O3. The van der Waals surface area contributed by atoms with E-state index in [1.807, 2.05) is 18.4 Å². The highest BCUT2D eigenvalue weighted by atomic mass is 19.4. The number of fused-ring (bicyclic) bond motifs is 1. The topological polar surface area (TPSA) is 80.5 Å². The van der Waals surface area contributed by atoms with Gasteiger partial charge in [0.25, 0.3) is 0 Å². The summed E-state index contributed by atoms with van der Waals surface area (Å²) in [7, 11) is 1.80. The molecule has 43 heavy (non-hydrogen) atoms. The Morgan fingerprint density at radius 1 is 0.977 bits per heavy atom. The molecule has 0 bridgehead atoms. The van der Waals surface area contributed by atoms with Gasteiger partial charge in [-0.2, -0.15) is 26.3 Å². The highest BCUT2D eigenvalue weighted by Crippen LogP contribution is 2.38. The third-order valence-electron chi connectivity index (χ3n) is 6.38. The van der Waals surface area contributed by atoms with Gasteiger partial charge in [-0.25, -0.2) is 9.97 Å². The molecule has 7 nitrogen and oxygen atoms in total. The van der Waals surface area contributed by atoms with Crippen LogP contribution in [0.1, 0.15) is 48.1 Å². The SMILES string of the molecule is CC.Cc1cnc(N(CCCOc2ccc3c(c2)c(CC(=O)O)cn3C)Cc2ccc(C(F)(F)F)cc2C(F)(F)F)nc1. The lowest BCUT2D eigenvalue weighted by atomic mass is 10.0. The fraction of sp³-hybridized carbons (Fsp3) is 0.367. The quantitative estimate of drug-likeness (QED) is 0.149. The lowest BCUT2D eigenvalue weighted by molar-refractivity contribution is -0.143. The number of carbonyl (C=O) groups is 1. The van der Waals surface area contributed by atoms with Crippen molar-refractivity contribution in [3.63, 3.8) is 0 Å². The first-order chi connectivity index (χ1) is 20.2. The van der Waals surface area contributed by atoms with E-state index in [4.69, 9.17) is 4.74 Å². The summed E-state index contributed by atoms with van der Waals surface area (Å²) in [6.45, 7) is 5.64. The minimum atomic E-state index is -5.00. The van der Waals surface area contributed by atoms with E-state index in [2.05, 4.69) is 9.97 Å².